The van der Waals surface area contributed by atoms with Gasteiger partial charge in [-0.1, -0.05) is 18.2 Å². The number of methoxy groups -OCH3 is 1. The molecule has 4 rings (SSSR count). The van der Waals surface area contributed by atoms with Crippen LogP contribution in [0.3, 0.4) is 0 Å². The molecule has 2 heterocycles. The van der Waals surface area contributed by atoms with Gasteiger partial charge >= 0.3 is 5.97 Å². The van der Waals surface area contributed by atoms with Crippen LogP contribution in [0.2, 0.25) is 0 Å². The zero-order valence-corrected chi connectivity index (χ0v) is 20.6. The molecule has 3 atom stereocenters. The Morgan fingerprint density at radius 2 is 2.09 bits per heavy atom. The molecular weight excluding hydrogens is 467 g/mol. The molecule has 0 saturated carbocycles. The summed E-state index contributed by atoms with van der Waals surface area (Å²) in [6, 6.07) is 15.3. The van der Waals surface area contributed by atoms with Crippen LogP contribution in [0.25, 0.3) is 10.9 Å². The van der Waals surface area contributed by atoms with E-state index in [1.807, 2.05) is 18.2 Å². The Hall–Kier alpha value is -2.68. The minimum absolute atomic E-state index is 0.0640. The average molecular weight is 499 g/mol. The van der Waals surface area contributed by atoms with Crippen LogP contribution in [0.1, 0.15) is 30.9 Å². The van der Waals surface area contributed by atoms with Gasteiger partial charge < -0.3 is 19.8 Å². The number of carboxylic acid groups (broad SMARTS) is 1. The van der Waals surface area contributed by atoms with Crippen molar-refractivity contribution in [3.8, 4) is 5.75 Å². The maximum absolute atomic E-state index is 14.7. The number of piperidine rings is 1. The van der Waals surface area contributed by atoms with Crippen LogP contribution < -0.4 is 4.74 Å². The number of hydrogen-bond acceptors (Lipinski definition) is 6. The maximum atomic E-state index is 14.7. The van der Waals surface area contributed by atoms with Crippen molar-refractivity contribution in [2.45, 2.75) is 30.3 Å². The fourth-order valence-corrected chi connectivity index (χ4v) is 5.79. The molecule has 186 valence electrons. The van der Waals surface area contributed by atoms with Crippen molar-refractivity contribution in [2.75, 3.05) is 32.5 Å². The first-order chi connectivity index (χ1) is 17.0. The lowest BCUT2D eigenvalue weighted by atomic mass is 9.81. The van der Waals surface area contributed by atoms with Crippen molar-refractivity contribution in [3.63, 3.8) is 0 Å². The number of carboxylic acids is 1. The van der Waals surface area contributed by atoms with E-state index in [0.29, 0.717) is 29.6 Å². The second-order valence-corrected chi connectivity index (χ2v) is 10.1. The summed E-state index contributed by atoms with van der Waals surface area (Å²) in [4.78, 5) is 19.6. The Balaban J connectivity index is 1.37. The summed E-state index contributed by atoms with van der Waals surface area (Å²) in [5.74, 6) is -0.490. The van der Waals surface area contributed by atoms with Crippen LogP contribution in [-0.2, 0) is 4.79 Å². The first-order valence-electron chi connectivity index (χ1n) is 11.9. The summed E-state index contributed by atoms with van der Waals surface area (Å²) >= 11 is 1.77. The number of thioether (sulfide) groups is 1. The third-order valence-electron chi connectivity index (χ3n) is 6.79. The summed E-state index contributed by atoms with van der Waals surface area (Å²) in [6.07, 6.45) is 1.61. The number of pyridine rings is 1. The van der Waals surface area contributed by atoms with E-state index in [1.165, 1.54) is 12.0 Å². The zero-order valence-electron chi connectivity index (χ0n) is 19.8. The molecule has 8 heteroatoms. The first-order valence-corrected chi connectivity index (χ1v) is 12.9. The number of aliphatic hydroxyl groups excluding tert-OH is 1. The molecule has 0 aliphatic carbocycles. The van der Waals surface area contributed by atoms with Crippen LogP contribution in [0.5, 0.6) is 5.75 Å². The topological polar surface area (TPSA) is 82.9 Å². The highest BCUT2D eigenvalue weighted by Gasteiger charge is 2.34. The molecule has 0 spiro atoms. The van der Waals surface area contributed by atoms with Crippen LogP contribution in [0.15, 0.2) is 59.6 Å². The van der Waals surface area contributed by atoms with E-state index in [4.69, 9.17) is 4.74 Å². The third kappa shape index (κ3) is 6.31. The number of nitrogens with zero attached hydrogens (tertiary/aromatic N) is 2. The monoisotopic (exact) mass is 498 g/mol. The van der Waals surface area contributed by atoms with Crippen LogP contribution in [0, 0.1) is 17.7 Å². The molecule has 1 aliphatic rings. The number of ether oxygens (including phenoxy) is 1. The number of rotatable bonds is 10. The highest BCUT2D eigenvalue weighted by molar-refractivity contribution is 7.99. The predicted molar refractivity (Wildman–Crippen MR) is 135 cm³/mol. The number of hydrogen-bond donors (Lipinski definition) is 2. The van der Waals surface area contributed by atoms with Crippen molar-refractivity contribution in [1.82, 2.24) is 9.88 Å². The van der Waals surface area contributed by atoms with Crippen molar-refractivity contribution in [3.05, 3.63) is 66.1 Å². The van der Waals surface area contributed by atoms with Gasteiger partial charge in [-0.25, -0.2) is 4.39 Å². The van der Waals surface area contributed by atoms with Gasteiger partial charge in [-0.3, -0.25) is 9.78 Å². The van der Waals surface area contributed by atoms with E-state index in [2.05, 4.69) is 22.0 Å². The normalized spacial score (nSPS) is 19.5. The Morgan fingerprint density at radius 3 is 2.83 bits per heavy atom. The van der Waals surface area contributed by atoms with Gasteiger partial charge in [0, 0.05) is 34.7 Å². The van der Waals surface area contributed by atoms with Crippen molar-refractivity contribution >= 4 is 28.6 Å². The number of fused-ring (bicyclic) bond motifs is 1. The molecular formula is C27H31FN2O4S. The van der Waals surface area contributed by atoms with E-state index >= 15 is 0 Å². The van der Waals surface area contributed by atoms with Gasteiger partial charge in [0.1, 0.15) is 11.6 Å². The molecule has 0 radical (unpaired) electrons. The zero-order chi connectivity index (χ0) is 24.8. The number of benzene rings is 2. The standard InChI is InChI=1S/C27H31FN2O4S/c1-34-19-8-9-24-21(15-19)26(23(28)16-29-24)25(31)10-7-18-11-12-30(17-22(18)27(32)33)13-14-35-20-5-3-2-4-6-20/h2-6,8-9,15-16,18,22,25,31H,7,10-14,17H2,1H3,(H,32,33). The molecule has 6 nitrogen and oxygen atoms in total. The summed E-state index contributed by atoms with van der Waals surface area (Å²) in [7, 11) is 1.53. The van der Waals surface area contributed by atoms with E-state index in [9.17, 15) is 19.4 Å². The van der Waals surface area contributed by atoms with Crippen molar-refractivity contribution < 1.29 is 24.1 Å². The highest BCUT2D eigenvalue weighted by Crippen LogP contribution is 2.35. The number of aliphatic hydroxyl groups is 1. The first kappa shape index (κ1) is 25.4. The maximum Gasteiger partial charge on any atom is 0.308 e. The smallest absolute Gasteiger partial charge is 0.308 e. The lowest BCUT2D eigenvalue weighted by molar-refractivity contribution is -0.146. The molecule has 2 aromatic carbocycles. The Bertz CT molecular complexity index is 1150. The van der Waals surface area contributed by atoms with Crippen LogP contribution in [0.4, 0.5) is 4.39 Å². The number of likely N-dealkylation sites (tertiary alicyclic amines) is 1. The third-order valence-corrected chi connectivity index (χ3v) is 7.78. The molecule has 2 N–H and O–H groups in total. The van der Waals surface area contributed by atoms with Gasteiger partial charge in [-0.15, -0.1) is 11.8 Å². The van der Waals surface area contributed by atoms with Crippen molar-refractivity contribution in [1.29, 1.82) is 0 Å². The number of aromatic nitrogens is 1. The number of halogens is 1. The fraction of sp³-hybridized carbons (Fsp3) is 0.407. The summed E-state index contributed by atoms with van der Waals surface area (Å²) in [5, 5.41) is 21.3. The van der Waals surface area contributed by atoms with E-state index < -0.39 is 23.8 Å². The summed E-state index contributed by atoms with van der Waals surface area (Å²) in [5.41, 5.74) is 0.766. The van der Waals surface area contributed by atoms with Crippen molar-refractivity contribution in [2.24, 2.45) is 11.8 Å². The van der Waals surface area contributed by atoms with Crippen LogP contribution >= 0.6 is 11.8 Å². The van der Waals surface area contributed by atoms with Gasteiger partial charge in [-0.2, -0.15) is 0 Å². The minimum Gasteiger partial charge on any atom is -0.497 e. The van der Waals surface area contributed by atoms with Gasteiger partial charge in [0.25, 0.3) is 0 Å². The van der Waals surface area contributed by atoms with E-state index in [-0.39, 0.29) is 17.9 Å². The lowest BCUT2D eigenvalue weighted by Crippen LogP contribution is -2.44. The van der Waals surface area contributed by atoms with E-state index in [0.717, 1.165) is 31.5 Å². The second kappa shape index (κ2) is 11.8. The van der Waals surface area contributed by atoms with Gasteiger partial charge in [0.2, 0.25) is 0 Å². The van der Waals surface area contributed by atoms with Gasteiger partial charge in [0.15, 0.2) is 0 Å². The molecule has 0 amide bonds. The summed E-state index contributed by atoms with van der Waals surface area (Å²) < 4.78 is 20.0. The molecule has 35 heavy (non-hydrogen) atoms. The highest BCUT2D eigenvalue weighted by atomic mass is 32.2. The Morgan fingerprint density at radius 1 is 1.29 bits per heavy atom. The Kier molecular flexibility index (Phi) is 8.59. The number of aliphatic carboxylic acids is 1. The predicted octanol–water partition coefficient (Wildman–Crippen LogP) is 5.01. The molecule has 1 aromatic heterocycles. The molecule has 1 fully saturated rings. The fourth-order valence-electron chi connectivity index (χ4n) is 4.86. The van der Waals surface area contributed by atoms with Gasteiger partial charge in [-0.05, 0) is 62.1 Å². The molecule has 0 bridgehead atoms. The quantitative estimate of drug-likeness (QED) is 0.380. The number of carbonyl (C=O) groups is 1. The largest absolute Gasteiger partial charge is 0.497 e. The molecule has 1 aliphatic heterocycles. The van der Waals surface area contributed by atoms with E-state index in [1.54, 1.807) is 30.0 Å². The molecule has 1 saturated heterocycles. The van der Waals surface area contributed by atoms with Gasteiger partial charge in [0.05, 0.1) is 30.8 Å². The molecule has 3 aromatic rings. The SMILES string of the molecule is COc1ccc2ncc(F)c(C(O)CCC3CCN(CCSc4ccccc4)CC3C(=O)O)c2c1. The average Bonchev–Trinajstić information content (AvgIpc) is 2.87. The minimum atomic E-state index is -1.05. The van der Waals surface area contributed by atoms with Crippen LogP contribution in [-0.4, -0.2) is 58.6 Å². The lowest BCUT2D eigenvalue weighted by Gasteiger charge is -2.37. The summed E-state index contributed by atoms with van der Waals surface area (Å²) in [6.45, 7) is 2.15. The Labute approximate surface area is 209 Å². The second-order valence-electron chi connectivity index (χ2n) is 8.95. The molecule has 3 unspecified atom stereocenters.